The average Bonchev–Trinajstić information content (AvgIpc) is 2.61. The summed E-state index contributed by atoms with van der Waals surface area (Å²) in [5, 5.41) is 10.7. The van der Waals surface area contributed by atoms with E-state index in [0.29, 0.717) is 0 Å². The Bertz CT molecular complexity index is 757. The van der Waals surface area contributed by atoms with E-state index in [-0.39, 0.29) is 0 Å². The summed E-state index contributed by atoms with van der Waals surface area (Å²) in [6.07, 6.45) is 5.36. The topological polar surface area (TPSA) is 53.2 Å². The number of carbonyl (C=O) groups excluding carboxylic acids is 1. The molecule has 0 aliphatic rings. The third-order valence-corrected chi connectivity index (χ3v) is 3.55. The lowest BCUT2D eigenvalue weighted by atomic mass is 10.1. The molecule has 0 aliphatic heterocycles. The molecule has 1 aromatic heterocycles. The number of aromatic nitrogens is 1. The minimum Gasteiger partial charge on any atom is -0.554 e. The minimum atomic E-state index is -0.500. The number of hydrogen-bond donors (Lipinski definition) is 0. The molecule has 0 aliphatic carbocycles. The van der Waals surface area contributed by atoms with Crippen LogP contribution in [0, 0.1) is 0 Å². The third-order valence-electron chi connectivity index (χ3n) is 3.55. The van der Waals surface area contributed by atoms with Crippen molar-refractivity contribution in [2.24, 2.45) is 0 Å². The van der Waals surface area contributed by atoms with Crippen molar-refractivity contribution in [1.29, 1.82) is 0 Å². The number of hydrogen-bond acceptors (Lipinski definition) is 3. The molecule has 0 bridgehead atoms. The Morgan fingerprint density at radius 1 is 1.09 bits per heavy atom. The van der Waals surface area contributed by atoms with Crippen molar-refractivity contribution in [3.8, 4) is 5.75 Å². The molecule has 0 atom stereocenters. The van der Waals surface area contributed by atoms with Gasteiger partial charge in [-0.05, 0) is 23.1 Å². The average molecular weight is 309 g/mol. The predicted molar refractivity (Wildman–Crippen MR) is 86.9 cm³/mol. The monoisotopic (exact) mass is 309 g/mol. The molecule has 3 aromatic rings. The van der Waals surface area contributed by atoms with Gasteiger partial charge in [0.25, 0.3) is 0 Å². The number of ether oxygens (including phenoxy) is 1. The Morgan fingerprint density at radius 3 is 2.52 bits per heavy atom. The molecule has 0 radical (unpaired) electrons. The summed E-state index contributed by atoms with van der Waals surface area (Å²) in [5.41, 5.74) is 1.37. The van der Waals surface area contributed by atoms with Gasteiger partial charge in [0.15, 0.2) is 18.9 Å². The molecule has 0 fully saturated rings. The van der Waals surface area contributed by atoms with E-state index in [1.165, 1.54) is 16.3 Å². The second kappa shape index (κ2) is 8.54. The summed E-state index contributed by atoms with van der Waals surface area (Å²) in [5.74, 6) is 0.901. The largest absolute Gasteiger partial charge is 0.554 e. The van der Waals surface area contributed by atoms with Gasteiger partial charge in [-0.25, -0.2) is 4.57 Å². The fourth-order valence-corrected chi connectivity index (χ4v) is 2.38. The molecule has 2 aromatic carbocycles. The Balaban J connectivity index is 0.000000595. The molecule has 0 amide bonds. The number of rotatable bonds is 4. The highest BCUT2D eigenvalue weighted by atomic mass is 16.5. The molecule has 4 heteroatoms. The number of aryl methyl sites for hydroxylation is 2. The van der Waals surface area contributed by atoms with Crippen molar-refractivity contribution < 1.29 is 19.2 Å². The van der Waals surface area contributed by atoms with Crippen LogP contribution in [0.5, 0.6) is 5.75 Å². The molecule has 0 N–H and O–H groups in total. The molecular formula is C19H19NO3. The first-order valence-electron chi connectivity index (χ1n) is 7.33. The maximum Gasteiger partial charge on any atom is 0.176 e. The van der Waals surface area contributed by atoms with Gasteiger partial charge in [0.05, 0.1) is 7.11 Å². The van der Waals surface area contributed by atoms with Gasteiger partial charge in [0.1, 0.15) is 5.75 Å². The van der Waals surface area contributed by atoms with Crippen LogP contribution in [-0.4, -0.2) is 13.6 Å². The van der Waals surface area contributed by atoms with E-state index >= 15 is 0 Å². The van der Waals surface area contributed by atoms with E-state index in [1.54, 1.807) is 7.11 Å². The summed E-state index contributed by atoms with van der Waals surface area (Å²) in [4.78, 5) is 8.25. The van der Waals surface area contributed by atoms with Crippen LogP contribution in [-0.2, 0) is 17.8 Å². The molecule has 1 heterocycles. The van der Waals surface area contributed by atoms with Crippen LogP contribution >= 0.6 is 0 Å². The third kappa shape index (κ3) is 4.81. The van der Waals surface area contributed by atoms with Crippen LogP contribution in [0.3, 0.4) is 0 Å². The highest BCUT2D eigenvalue weighted by molar-refractivity contribution is 5.82. The maximum absolute atomic E-state index is 8.25. The summed E-state index contributed by atoms with van der Waals surface area (Å²) < 4.78 is 7.51. The smallest absolute Gasteiger partial charge is 0.176 e. The van der Waals surface area contributed by atoms with Crippen LogP contribution in [0.2, 0.25) is 0 Å². The number of carboxylic acid groups (broad SMARTS) is 1. The first-order valence-corrected chi connectivity index (χ1v) is 7.33. The zero-order chi connectivity index (χ0) is 16.5. The number of pyridine rings is 1. The van der Waals surface area contributed by atoms with Gasteiger partial charge in [-0.1, -0.05) is 36.4 Å². The Labute approximate surface area is 135 Å². The lowest BCUT2D eigenvalue weighted by Gasteiger charge is -2.03. The van der Waals surface area contributed by atoms with Crippen LogP contribution in [0.25, 0.3) is 10.8 Å². The van der Waals surface area contributed by atoms with Gasteiger partial charge in [-0.2, -0.15) is 0 Å². The summed E-state index contributed by atoms with van der Waals surface area (Å²) in [6.45, 7) is 0.483. The zero-order valence-corrected chi connectivity index (χ0v) is 13.0. The summed E-state index contributed by atoms with van der Waals surface area (Å²) >= 11 is 0. The van der Waals surface area contributed by atoms with Crippen LogP contribution in [0.15, 0.2) is 67.0 Å². The van der Waals surface area contributed by atoms with E-state index in [4.69, 9.17) is 14.6 Å². The quantitative estimate of drug-likeness (QED) is 0.545. The fourth-order valence-electron chi connectivity index (χ4n) is 2.38. The highest BCUT2D eigenvalue weighted by Gasteiger charge is 2.05. The van der Waals surface area contributed by atoms with Crippen LogP contribution in [0.4, 0.5) is 0 Å². The van der Waals surface area contributed by atoms with Gasteiger partial charge < -0.3 is 14.6 Å². The first kappa shape index (κ1) is 16.5. The fraction of sp³-hybridized carbons (Fsp3) is 0.158. The van der Waals surface area contributed by atoms with E-state index in [9.17, 15) is 0 Å². The van der Waals surface area contributed by atoms with Crippen molar-refractivity contribution in [3.05, 3.63) is 72.6 Å². The Kier molecular flexibility index (Phi) is 6.12. The van der Waals surface area contributed by atoms with E-state index in [2.05, 4.69) is 65.5 Å². The molecule has 118 valence electrons. The predicted octanol–water partition coefficient (Wildman–Crippen LogP) is 1.74. The van der Waals surface area contributed by atoms with Gasteiger partial charge in [-0.15, -0.1) is 0 Å². The van der Waals surface area contributed by atoms with E-state index in [1.807, 2.05) is 6.07 Å². The lowest BCUT2D eigenvalue weighted by Crippen LogP contribution is -2.33. The van der Waals surface area contributed by atoms with Crippen molar-refractivity contribution in [3.63, 3.8) is 0 Å². The van der Waals surface area contributed by atoms with Crippen LogP contribution < -0.4 is 14.4 Å². The minimum absolute atomic E-state index is 0.500. The number of nitrogens with zero attached hydrogens (tertiary/aromatic N) is 1. The first-order chi connectivity index (χ1) is 11.3. The van der Waals surface area contributed by atoms with Gasteiger partial charge in [-0.3, -0.25) is 0 Å². The van der Waals surface area contributed by atoms with Crippen molar-refractivity contribution in [2.75, 3.05) is 7.11 Å². The number of methoxy groups -OCH3 is 1. The second-order valence-electron chi connectivity index (χ2n) is 5.01. The van der Waals surface area contributed by atoms with Gasteiger partial charge in [0, 0.05) is 24.3 Å². The molecule has 0 spiro atoms. The standard InChI is InChI=1S/C18H18NO.CH2O2/c1-20-18-8-7-16-10-12-19(14-17(16)13-18)11-9-15-5-3-2-4-6-15;2-1-3/h2-8,10,12-14H,9,11H2,1H3;1H,(H,2,3)/q+1;/p-1. The van der Waals surface area contributed by atoms with Gasteiger partial charge in [0.2, 0.25) is 0 Å². The molecule has 3 rings (SSSR count). The van der Waals surface area contributed by atoms with Crippen LogP contribution in [0.1, 0.15) is 5.56 Å². The molecule has 23 heavy (non-hydrogen) atoms. The lowest BCUT2D eigenvalue weighted by molar-refractivity contribution is -0.695. The normalized spacial score (nSPS) is 9.78. The Morgan fingerprint density at radius 2 is 1.83 bits per heavy atom. The number of carbonyl (C=O) groups is 1. The van der Waals surface area contributed by atoms with Crippen molar-refractivity contribution in [2.45, 2.75) is 13.0 Å². The molecule has 4 nitrogen and oxygen atoms in total. The summed E-state index contributed by atoms with van der Waals surface area (Å²) in [6, 6.07) is 18.9. The molecular weight excluding hydrogens is 290 g/mol. The highest BCUT2D eigenvalue weighted by Crippen LogP contribution is 2.18. The van der Waals surface area contributed by atoms with Crippen molar-refractivity contribution >= 4 is 17.2 Å². The number of benzene rings is 2. The molecule has 0 saturated heterocycles. The maximum atomic E-state index is 8.25. The zero-order valence-electron chi connectivity index (χ0n) is 13.0. The molecule has 0 saturated carbocycles. The Hall–Kier alpha value is -2.88. The second-order valence-corrected chi connectivity index (χ2v) is 5.01. The molecule has 0 unspecified atom stereocenters. The summed E-state index contributed by atoms with van der Waals surface area (Å²) in [7, 11) is 1.70. The van der Waals surface area contributed by atoms with E-state index in [0.717, 1.165) is 18.7 Å². The van der Waals surface area contributed by atoms with Gasteiger partial charge >= 0.3 is 0 Å². The SMILES string of the molecule is COc1ccc2cc[n+](CCc3ccccc3)cc2c1.O=C[O-]. The number of fused-ring (bicyclic) bond motifs is 1. The van der Waals surface area contributed by atoms with E-state index < -0.39 is 6.47 Å². The van der Waals surface area contributed by atoms with Crippen molar-refractivity contribution in [1.82, 2.24) is 0 Å².